The molecule has 2 aromatic rings. The standard InChI is InChI=1S/C20H23ClN2O3S/c21-19-11-4-3-8-17(19)15-22-20(24)16-9-7-10-18(14-16)27(25,26)23-12-5-1-2-6-13-23/h3-4,7-11,14H,1-2,5-6,12-13,15H2,(H,22,24). The highest BCUT2D eigenvalue weighted by atomic mass is 35.5. The molecular formula is C20H23ClN2O3S. The number of nitrogens with one attached hydrogen (secondary N) is 1. The minimum absolute atomic E-state index is 0.162. The van der Waals surface area contributed by atoms with Gasteiger partial charge in [-0.15, -0.1) is 0 Å². The molecule has 27 heavy (non-hydrogen) atoms. The second-order valence-corrected chi connectivity index (χ2v) is 8.97. The quantitative estimate of drug-likeness (QED) is 0.820. The predicted molar refractivity (Wildman–Crippen MR) is 106 cm³/mol. The van der Waals surface area contributed by atoms with E-state index in [9.17, 15) is 13.2 Å². The number of halogens is 1. The predicted octanol–water partition coefficient (Wildman–Crippen LogP) is 3.83. The number of amides is 1. The van der Waals surface area contributed by atoms with Crippen molar-refractivity contribution in [2.75, 3.05) is 13.1 Å². The maximum Gasteiger partial charge on any atom is 0.251 e. The van der Waals surface area contributed by atoms with Crippen molar-refractivity contribution in [1.29, 1.82) is 0 Å². The molecule has 1 N–H and O–H groups in total. The number of carbonyl (C=O) groups excluding carboxylic acids is 1. The largest absolute Gasteiger partial charge is 0.348 e. The van der Waals surface area contributed by atoms with E-state index in [0.29, 0.717) is 23.7 Å². The van der Waals surface area contributed by atoms with E-state index < -0.39 is 10.0 Å². The molecule has 1 aliphatic heterocycles. The van der Waals surface area contributed by atoms with Crippen molar-refractivity contribution >= 4 is 27.5 Å². The normalized spacial score (nSPS) is 15.9. The fourth-order valence-electron chi connectivity index (χ4n) is 3.15. The average molecular weight is 407 g/mol. The van der Waals surface area contributed by atoms with Crippen LogP contribution in [-0.2, 0) is 16.6 Å². The van der Waals surface area contributed by atoms with Gasteiger partial charge in [-0.1, -0.05) is 48.7 Å². The number of carbonyl (C=O) groups is 1. The summed E-state index contributed by atoms with van der Waals surface area (Å²) in [6, 6.07) is 13.5. The number of benzene rings is 2. The van der Waals surface area contributed by atoms with Crippen LogP contribution in [0.1, 0.15) is 41.6 Å². The van der Waals surface area contributed by atoms with Crippen LogP contribution in [0.4, 0.5) is 0 Å². The van der Waals surface area contributed by atoms with Gasteiger partial charge in [0.25, 0.3) is 5.91 Å². The molecule has 1 amide bonds. The lowest BCUT2D eigenvalue weighted by atomic mass is 10.2. The molecule has 3 rings (SSSR count). The van der Waals surface area contributed by atoms with Crippen molar-refractivity contribution in [3.63, 3.8) is 0 Å². The van der Waals surface area contributed by atoms with Crippen LogP contribution in [-0.4, -0.2) is 31.7 Å². The minimum Gasteiger partial charge on any atom is -0.348 e. The van der Waals surface area contributed by atoms with E-state index in [1.54, 1.807) is 24.3 Å². The fourth-order valence-corrected chi connectivity index (χ4v) is 4.91. The molecule has 0 bridgehead atoms. The number of hydrogen-bond acceptors (Lipinski definition) is 3. The molecule has 0 unspecified atom stereocenters. The van der Waals surface area contributed by atoms with Crippen LogP contribution in [0, 0.1) is 0 Å². The van der Waals surface area contributed by atoms with Gasteiger partial charge >= 0.3 is 0 Å². The maximum atomic E-state index is 12.9. The lowest BCUT2D eigenvalue weighted by Gasteiger charge is -2.20. The third-order valence-corrected chi connectivity index (χ3v) is 6.96. The first-order valence-corrected chi connectivity index (χ1v) is 10.9. The van der Waals surface area contributed by atoms with E-state index in [1.165, 1.54) is 10.4 Å². The summed E-state index contributed by atoms with van der Waals surface area (Å²) >= 11 is 6.10. The summed E-state index contributed by atoms with van der Waals surface area (Å²) in [6.45, 7) is 1.35. The van der Waals surface area contributed by atoms with E-state index in [1.807, 2.05) is 18.2 Å². The average Bonchev–Trinajstić information content (AvgIpc) is 2.97. The molecule has 0 atom stereocenters. The maximum absolute atomic E-state index is 12.9. The van der Waals surface area contributed by atoms with Crippen molar-refractivity contribution in [3.8, 4) is 0 Å². The molecule has 0 radical (unpaired) electrons. The van der Waals surface area contributed by atoms with Crippen LogP contribution < -0.4 is 5.32 Å². The van der Waals surface area contributed by atoms with Crippen LogP contribution >= 0.6 is 11.6 Å². The van der Waals surface area contributed by atoms with Crippen LogP contribution in [0.3, 0.4) is 0 Å². The Labute approximate surface area is 165 Å². The van der Waals surface area contributed by atoms with E-state index >= 15 is 0 Å². The molecule has 1 aliphatic rings. The number of sulfonamides is 1. The molecular weight excluding hydrogens is 384 g/mol. The Morgan fingerprint density at radius 3 is 2.41 bits per heavy atom. The second kappa shape index (κ2) is 8.87. The molecule has 0 aromatic heterocycles. The molecule has 1 saturated heterocycles. The lowest BCUT2D eigenvalue weighted by molar-refractivity contribution is 0.0950. The Kier molecular flexibility index (Phi) is 6.52. The van der Waals surface area contributed by atoms with Crippen LogP contribution in [0.25, 0.3) is 0 Å². The SMILES string of the molecule is O=C(NCc1ccccc1Cl)c1cccc(S(=O)(=O)N2CCCCCC2)c1. The first kappa shape index (κ1) is 19.9. The third kappa shape index (κ3) is 4.89. The smallest absolute Gasteiger partial charge is 0.251 e. The summed E-state index contributed by atoms with van der Waals surface area (Å²) in [6.07, 6.45) is 3.85. The van der Waals surface area contributed by atoms with E-state index in [2.05, 4.69) is 5.32 Å². The van der Waals surface area contributed by atoms with Gasteiger partial charge < -0.3 is 5.32 Å². The fraction of sp³-hybridized carbons (Fsp3) is 0.350. The summed E-state index contributed by atoms with van der Waals surface area (Å²) in [5.41, 5.74) is 1.12. The topological polar surface area (TPSA) is 66.5 Å². The van der Waals surface area contributed by atoms with E-state index in [0.717, 1.165) is 31.2 Å². The summed E-state index contributed by atoms with van der Waals surface area (Å²) in [5.74, 6) is -0.331. The van der Waals surface area contributed by atoms with E-state index in [-0.39, 0.29) is 17.3 Å². The molecule has 7 heteroatoms. The van der Waals surface area contributed by atoms with Gasteiger partial charge in [-0.05, 0) is 42.7 Å². The summed E-state index contributed by atoms with van der Waals surface area (Å²) < 4.78 is 27.4. The zero-order valence-electron chi connectivity index (χ0n) is 15.0. The number of rotatable bonds is 5. The Bertz CT molecular complexity index is 907. The van der Waals surface area contributed by atoms with Gasteiger partial charge in [-0.3, -0.25) is 4.79 Å². The molecule has 2 aromatic carbocycles. The second-order valence-electron chi connectivity index (χ2n) is 6.62. The lowest BCUT2D eigenvalue weighted by Crippen LogP contribution is -2.32. The van der Waals surface area contributed by atoms with Gasteiger partial charge in [0.1, 0.15) is 0 Å². The third-order valence-electron chi connectivity index (χ3n) is 4.70. The van der Waals surface area contributed by atoms with Crippen molar-refractivity contribution in [2.24, 2.45) is 0 Å². The number of hydrogen-bond donors (Lipinski definition) is 1. The first-order chi connectivity index (χ1) is 13.0. The Hall–Kier alpha value is -1.89. The van der Waals surface area contributed by atoms with Gasteiger partial charge in [0.05, 0.1) is 4.90 Å². The minimum atomic E-state index is -3.58. The highest BCUT2D eigenvalue weighted by Gasteiger charge is 2.25. The zero-order chi connectivity index (χ0) is 19.3. The monoisotopic (exact) mass is 406 g/mol. The van der Waals surface area contributed by atoms with Gasteiger partial charge in [-0.25, -0.2) is 8.42 Å². The molecule has 0 spiro atoms. The number of nitrogens with zero attached hydrogens (tertiary/aromatic N) is 1. The summed E-state index contributed by atoms with van der Waals surface area (Å²) in [5, 5.41) is 3.37. The Morgan fingerprint density at radius 2 is 1.70 bits per heavy atom. The highest BCUT2D eigenvalue weighted by Crippen LogP contribution is 2.21. The molecule has 1 fully saturated rings. The van der Waals surface area contributed by atoms with Gasteiger partial charge in [0.15, 0.2) is 0 Å². The molecule has 5 nitrogen and oxygen atoms in total. The Balaban J connectivity index is 1.74. The van der Waals surface area contributed by atoms with Gasteiger partial charge in [0.2, 0.25) is 10.0 Å². The van der Waals surface area contributed by atoms with Crippen molar-refractivity contribution in [2.45, 2.75) is 37.1 Å². The summed E-state index contributed by atoms with van der Waals surface area (Å²) in [7, 11) is -3.58. The molecule has 1 heterocycles. The van der Waals surface area contributed by atoms with Crippen molar-refractivity contribution in [1.82, 2.24) is 9.62 Å². The van der Waals surface area contributed by atoms with Crippen molar-refractivity contribution in [3.05, 3.63) is 64.7 Å². The van der Waals surface area contributed by atoms with Crippen molar-refractivity contribution < 1.29 is 13.2 Å². The highest BCUT2D eigenvalue weighted by molar-refractivity contribution is 7.89. The van der Waals surface area contributed by atoms with Crippen LogP contribution in [0.2, 0.25) is 5.02 Å². The summed E-state index contributed by atoms with van der Waals surface area (Å²) in [4.78, 5) is 12.6. The zero-order valence-corrected chi connectivity index (χ0v) is 16.6. The Morgan fingerprint density at radius 1 is 1.00 bits per heavy atom. The molecule has 0 aliphatic carbocycles. The molecule has 0 saturated carbocycles. The van der Waals surface area contributed by atoms with E-state index in [4.69, 9.17) is 11.6 Å². The van der Waals surface area contributed by atoms with Gasteiger partial charge in [-0.2, -0.15) is 4.31 Å². The first-order valence-electron chi connectivity index (χ1n) is 9.10. The molecule has 144 valence electrons. The van der Waals surface area contributed by atoms with Gasteiger partial charge in [0, 0.05) is 30.2 Å². The van der Waals surface area contributed by atoms with Crippen LogP contribution in [0.5, 0.6) is 0 Å². The van der Waals surface area contributed by atoms with Crippen LogP contribution in [0.15, 0.2) is 53.4 Å².